The summed E-state index contributed by atoms with van der Waals surface area (Å²) < 4.78 is 1.76. The quantitative estimate of drug-likeness (QED) is 0.241. The number of carbonyl (C=O) groups is 1. The molecule has 10 nitrogen and oxygen atoms in total. The number of pyridine rings is 1. The summed E-state index contributed by atoms with van der Waals surface area (Å²) in [6.45, 7) is 0. The molecule has 1 aliphatic carbocycles. The molecule has 0 fully saturated rings. The van der Waals surface area contributed by atoms with E-state index in [4.69, 9.17) is 0 Å². The van der Waals surface area contributed by atoms with Crippen LogP contribution in [0.1, 0.15) is 11.3 Å². The van der Waals surface area contributed by atoms with Gasteiger partial charge < -0.3 is 10.0 Å². The van der Waals surface area contributed by atoms with E-state index >= 15 is 0 Å². The smallest absolute Gasteiger partial charge is 0.270 e. The van der Waals surface area contributed by atoms with Gasteiger partial charge in [-0.05, 0) is 24.3 Å². The molecule has 0 N–H and O–H groups in total. The van der Waals surface area contributed by atoms with Crippen LogP contribution in [-0.4, -0.2) is 22.7 Å². The van der Waals surface area contributed by atoms with Crippen molar-refractivity contribution in [1.82, 2.24) is 0 Å². The van der Waals surface area contributed by atoms with Gasteiger partial charge in [0.2, 0.25) is 11.2 Å². The maximum absolute atomic E-state index is 12.8. The lowest BCUT2D eigenvalue weighted by atomic mass is 9.86. The molecular formula is C26H18N4O6. The van der Waals surface area contributed by atoms with Gasteiger partial charge in [0, 0.05) is 77.6 Å². The molecule has 10 heteroatoms. The summed E-state index contributed by atoms with van der Waals surface area (Å²) in [4.78, 5) is 35.7. The van der Waals surface area contributed by atoms with E-state index in [1.165, 1.54) is 36.4 Å². The fourth-order valence-electron chi connectivity index (χ4n) is 4.32. The number of ketones is 1. The molecule has 0 bridgehead atoms. The van der Waals surface area contributed by atoms with Crippen molar-refractivity contribution >= 4 is 45.9 Å². The molecule has 178 valence electrons. The maximum atomic E-state index is 12.8. The monoisotopic (exact) mass is 482 g/mol. The number of nitro groups is 2. The molecule has 0 atom stereocenters. The summed E-state index contributed by atoms with van der Waals surface area (Å²) >= 11 is 0. The molecule has 2 heterocycles. The van der Waals surface area contributed by atoms with Crippen LogP contribution in [0.4, 0.5) is 17.1 Å². The highest BCUT2D eigenvalue weighted by atomic mass is 16.6. The van der Waals surface area contributed by atoms with Gasteiger partial charge in [-0.25, -0.2) is 0 Å². The Kier molecular flexibility index (Phi) is 5.21. The standard InChI is InChI=1S/C26H18N4O6/c1-27-17(5-3-15-11-19(29(33)34)7-9-23(15)27)13-21-25(31)22(26(21)32)14-18-6-4-16-12-20(30(35)36)8-10-24(16)28(18)2/h3-14H,1-2H3. The third-order valence-corrected chi connectivity index (χ3v) is 6.37. The van der Waals surface area contributed by atoms with Gasteiger partial charge in [-0.15, -0.1) is 0 Å². The van der Waals surface area contributed by atoms with E-state index in [0.29, 0.717) is 33.5 Å². The second kappa shape index (κ2) is 8.27. The number of fused-ring (bicyclic) bond motifs is 2. The van der Waals surface area contributed by atoms with Crippen LogP contribution in [0, 0.1) is 20.2 Å². The molecular weight excluding hydrogens is 464 g/mol. The molecule has 0 saturated heterocycles. The first-order valence-corrected chi connectivity index (χ1v) is 10.8. The van der Waals surface area contributed by atoms with Gasteiger partial charge in [0.25, 0.3) is 11.4 Å². The molecule has 0 unspecified atom stereocenters. The maximum Gasteiger partial charge on any atom is 0.270 e. The Balaban J connectivity index is 1.46. The zero-order chi connectivity index (χ0) is 25.7. The summed E-state index contributed by atoms with van der Waals surface area (Å²) in [6, 6.07) is 12.4. The number of hydrogen-bond acceptors (Lipinski definition) is 7. The number of benzene rings is 2. The topological polar surface area (TPSA) is 134 Å². The van der Waals surface area contributed by atoms with Crippen LogP contribution in [0.25, 0.3) is 23.1 Å². The van der Waals surface area contributed by atoms with Gasteiger partial charge in [0.1, 0.15) is 7.05 Å². The Bertz CT molecular complexity index is 1650. The summed E-state index contributed by atoms with van der Waals surface area (Å²) in [7, 11) is 3.51. The minimum Gasteiger partial charge on any atom is -0.871 e. The van der Waals surface area contributed by atoms with Crippen LogP contribution in [0.15, 0.2) is 83.3 Å². The van der Waals surface area contributed by atoms with Gasteiger partial charge >= 0.3 is 0 Å². The Morgan fingerprint density at radius 2 is 1.61 bits per heavy atom. The van der Waals surface area contributed by atoms with Gasteiger partial charge in [0.05, 0.1) is 15.2 Å². The number of nitrogens with zero attached hydrogens (tertiary/aromatic N) is 4. The highest BCUT2D eigenvalue weighted by Gasteiger charge is 2.28. The molecule has 2 aromatic carbocycles. The Labute approximate surface area is 204 Å². The van der Waals surface area contributed by atoms with Crippen molar-refractivity contribution in [2.45, 2.75) is 0 Å². The molecule has 0 spiro atoms. The predicted octanol–water partition coefficient (Wildman–Crippen LogP) is 3.11. The molecule has 0 amide bonds. The van der Waals surface area contributed by atoms with E-state index in [1.807, 2.05) is 0 Å². The van der Waals surface area contributed by atoms with E-state index in [-0.39, 0.29) is 34.1 Å². The van der Waals surface area contributed by atoms with Crippen LogP contribution in [0.2, 0.25) is 0 Å². The minimum atomic E-state index is -0.464. The number of carbonyl (C=O) groups excluding carboxylic acids is 1. The number of non-ortho nitro benzene ring substituents is 2. The average molecular weight is 482 g/mol. The molecule has 2 aliphatic rings. The van der Waals surface area contributed by atoms with Crippen molar-refractivity contribution in [3.05, 3.63) is 115 Å². The number of allylic oxidation sites excluding steroid dienone is 4. The van der Waals surface area contributed by atoms with Gasteiger partial charge in [0.15, 0.2) is 5.78 Å². The molecule has 5 rings (SSSR count). The lowest BCUT2D eigenvalue weighted by Crippen LogP contribution is -2.35. The number of anilines is 1. The number of hydrogen-bond donors (Lipinski definition) is 0. The zero-order valence-corrected chi connectivity index (χ0v) is 19.2. The molecule has 1 aliphatic heterocycles. The second-order valence-electron chi connectivity index (χ2n) is 8.41. The van der Waals surface area contributed by atoms with Crippen LogP contribution in [-0.2, 0) is 11.8 Å². The van der Waals surface area contributed by atoms with Crippen molar-refractivity contribution in [2.75, 3.05) is 11.9 Å². The summed E-state index contributed by atoms with van der Waals surface area (Å²) in [5.41, 5.74) is 3.36. The first kappa shape index (κ1) is 22.7. The highest BCUT2D eigenvalue weighted by Crippen LogP contribution is 2.35. The number of aryl methyl sites for hydroxylation is 1. The largest absolute Gasteiger partial charge is 0.871 e. The third kappa shape index (κ3) is 3.61. The van der Waals surface area contributed by atoms with Crippen LogP contribution in [0.5, 0.6) is 0 Å². The van der Waals surface area contributed by atoms with E-state index in [2.05, 4.69) is 0 Å². The van der Waals surface area contributed by atoms with E-state index < -0.39 is 9.85 Å². The van der Waals surface area contributed by atoms with Crippen molar-refractivity contribution < 1.29 is 24.3 Å². The second-order valence-corrected chi connectivity index (χ2v) is 8.41. The SMILES string of the molecule is CN1/C(=C\C2=C([O-])C(=C/c3ccc4cc([N+](=O)[O-])ccc4[n+]3C)/C2=O)C=Cc2cc([N+](=O)[O-])ccc21. The van der Waals surface area contributed by atoms with Crippen molar-refractivity contribution in [2.24, 2.45) is 7.05 Å². The minimum absolute atomic E-state index is 0.0205. The summed E-state index contributed by atoms with van der Waals surface area (Å²) in [6.07, 6.45) is 6.44. The lowest BCUT2D eigenvalue weighted by Gasteiger charge is -2.31. The molecule has 1 aromatic heterocycles. The summed E-state index contributed by atoms with van der Waals surface area (Å²) in [5, 5.41) is 35.6. The third-order valence-electron chi connectivity index (χ3n) is 6.37. The Morgan fingerprint density at radius 3 is 2.31 bits per heavy atom. The number of aromatic nitrogens is 1. The predicted molar refractivity (Wildman–Crippen MR) is 130 cm³/mol. The molecule has 36 heavy (non-hydrogen) atoms. The fraction of sp³-hybridized carbons (Fsp3) is 0.0769. The molecule has 0 saturated carbocycles. The van der Waals surface area contributed by atoms with Crippen molar-refractivity contribution in [3.63, 3.8) is 0 Å². The average Bonchev–Trinajstić information content (AvgIpc) is 2.87. The zero-order valence-electron chi connectivity index (χ0n) is 19.2. The number of rotatable bonds is 4. The summed E-state index contributed by atoms with van der Waals surface area (Å²) in [5.74, 6) is -0.764. The van der Waals surface area contributed by atoms with Crippen LogP contribution in [0.3, 0.4) is 0 Å². The van der Waals surface area contributed by atoms with Crippen LogP contribution >= 0.6 is 0 Å². The van der Waals surface area contributed by atoms with Crippen molar-refractivity contribution in [1.29, 1.82) is 0 Å². The first-order chi connectivity index (χ1) is 17.2. The van der Waals surface area contributed by atoms with E-state index in [1.54, 1.807) is 60.0 Å². The Morgan fingerprint density at radius 1 is 0.917 bits per heavy atom. The molecule has 3 aromatic rings. The first-order valence-electron chi connectivity index (χ1n) is 10.8. The van der Waals surface area contributed by atoms with Crippen LogP contribution < -0.4 is 14.6 Å². The highest BCUT2D eigenvalue weighted by molar-refractivity contribution is 6.23. The Hall–Kier alpha value is -5.12. The number of Topliss-reactive ketones (excluding diaryl/α,β-unsaturated/α-hetero) is 1. The van der Waals surface area contributed by atoms with E-state index in [0.717, 1.165) is 0 Å². The normalized spacial score (nSPS) is 17.1. The lowest BCUT2D eigenvalue weighted by molar-refractivity contribution is -0.646. The fourth-order valence-corrected chi connectivity index (χ4v) is 4.32. The van der Waals surface area contributed by atoms with Gasteiger partial charge in [-0.1, -0.05) is 11.8 Å². The van der Waals surface area contributed by atoms with E-state index in [9.17, 15) is 30.1 Å². The van der Waals surface area contributed by atoms with Crippen molar-refractivity contribution in [3.8, 4) is 0 Å². The van der Waals surface area contributed by atoms with Gasteiger partial charge in [-0.3, -0.25) is 25.0 Å². The molecule has 0 radical (unpaired) electrons. The number of likely N-dealkylation sites (N-methyl/N-ethyl adjacent to an activating group) is 1. The van der Waals surface area contributed by atoms with Gasteiger partial charge in [-0.2, -0.15) is 4.57 Å². The number of nitro benzene ring substituents is 2.